The molecule has 2 heterocycles. The number of carbonyl (C=O) groups is 1. The molecule has 1 aliphatic heterocycles. The van der Waals surface area contributed by atoms with Gasteiger partial charge in [-0.05, 0) is 43.2 Å². The standard InChI is InChI=1S/C24H21ClN2O5S/c1-4-32-17-11-14(10-16(25)21(17)28)12-18-22(29)27-20(15-8-6-5-7-9-15)19(23(30)31-3)13(2)26-24(27)33-18/h5-12,20,28H,4H2,1-3H3. The molecule has 0 radical (unpaired) electrons. The van der Waals surface area contributed by atoms with Crippen LogP contribution in [0.25, 0.3) is 6.08 Å². The van der Waals surface area contributed by atoms with Crippen molar-refractivity contribution < 1.29 is 19.4 Å². The third-order valence-electron chi connectivity index (χ3n) is 5.19. The van der Waals surface area contributed by atoms with Crippen LogP contribution in [0.4, 0.5) is 0 Å². The Morgan fingerprint density at radius 2 is 2.03 bits per heavy atom. The van der Waals surface area contributed by atoms with Gasteiger partial charge in [0, 0.05) is 0 Å². The van der Waals surface area contributed by atoms with Gasteiger partial charge in [-0.1, -0.05) is 53.3 Å². The zero-order valence-corrected chi connectivity index (χ0v) is 19.7. The molecular formula is C24H21ClN2O5S. The second-order valence-electron chi connectivity index (χ2n) is 7.27. The van der Waals surface area contributed by atoms with Crippen LogP contribution in [-0.2, 0) is 9.53 Å². The summed E-state index contributed by atoms with van der Waals surface area (Å²) in [6.45, 7) is 3.87. The normalized spacial score (nSPS) is 15.8. The maximum Gasteiger partial charge on any atom is 0.338 e. The zero-order valence-electron chi connectivity index (χ0n) is 18.2. The van der Waals surface area contributed by atoms with Crippen molar-refractivity contribution in [3.8, 4) is 11.5 Å². The van der Waals surface area contributed by atoms with E-state index in [-0.39, 0.29) is 22.1 Å². The van der Waals surface area contributed by atoms with Gasteiger partial charge in [0.05, 0.1) is 40.6 Å². The van der Waals surface area contributed by atoms with Crippen LogP contribution in [0.2, 0.25) is 5.02 Å². The summed E-state index contributed by atoms with van der Waals surface area (Å²) in [7, 11) is 1.31. The van der Waals surface area contributed by atoms with Gasteiger partial charge in [-0.2, -0.15) is 0 Å². The number of rotatable bonds is 5. The Kier molecular flexibility index (Phi) is 6.40. The second-order valence-corrected chi connectivity index (χ2v) is 8.68. The predicted molar refractivity (Wildman–Crippen MR) is 127 cm³/mol. The third kappa shape index (κ3) is 4.19. The van der Waals surface area contributed by atoms with Gasteiger partial charge in [-0.3, -0.25) is 9.36 Å². The number of hydrogen-bond donors (Lipinski definition) is 1. The van der Waals surface area contributed by atoms with E-state index < -0.39 is 12.0 Å². The SMILES string of the molecule is CCOc1cc(C=c2sc3n(c2=O)C(c2ccccc2)C(C(=O)OC)=C(C)N=3)cc(Cl)c1O. The number of phenols is 1. The first-order valence-corrected chi connectivity index (χ1v) is 11.4. The van der Waals surface area contributed by atoms with Crippen LogP contribution in [-0.4, -0.2) is 29.4 Å². The summed E-state index contributed by atoms with van der Waals surface area (Å²) in [5.74, 6) is -0.458. The summed E-state index contributed by atoms with van der Waals surface area (Å²) in [6.07, 6.45) is 1.66. The van der Waals surface area contributed by atoms with E-state index in [0.717, 1.165) is 5.56 Å². The molecule has 0 aliphatic carbocycles. The number of esters is 1. The van der Waals surface area contributed by atoms with E-state index in [9.17, 15) is 14.7 Å². The molecule has 1 N–H and O–H groups in total. The van der Waals surface area contributed by atoms with E-state index in [1.54, 1.807) is 32.1 Å². The van der Waals surface area contributed by atoms with Crippen LogP contribution in [0.15, 0.2) is 63.5 Å². The molecule has 0 amide bonds. The molecule has 1 aromatic heterocycles. The highest BCUT2D eigenvalue weighted by Crippen LogP contribution is 2.35. The minimum absolute atomic E-state index is 0.117. The highest BCUT2D eigenvalue weighted by molar-refractivity contribution is 7.07. The second kappa shape index (κ2) is 9.25. The van der Waals surface area contributed by atoms with E-state index in [2.05, 4.69) is 4.99 Å². The maximum absolute atomic E-state index is 13.5. The Bertz CT molecular complexity index is 1440. The number of aromatic hydroxyl groups is 1. The van der Waals surface area contributed by atoms with Crippen LogP contribution in [0.5, 0.6) is 11.5 Å². The van der Waals surface area contributed by atoms with Gasteiger partial charge in [0.25, 0.3) is 5.56 Å². The first-order chi connectivity index (χ1) is 15.8. The Morgan fingerprint density at radius 1 is 1.30 bits per heavy atom. The molecule has 1 unspecified atom stereocenters. The first kappa shape index (κ1) is 22.8. The average molecular weight is 485 g/mol. The molecule has 4 rings (SSSR count). The average Bonchev–Trinajstić information content (AvgIpc) is 3.10. The lowest BCUT2D eigenvalue weighted by atomic mass is 9.96. The Balaban J connectivity index is 1.94. The first-order valence-electron chi connectivity index (χ1n) is 10.2. The van der Waals surface area contributed by atoms with Gasteiger partial charge in [-0.15, -0.1) is 0 Å². The molecule has 0 saturated heterocycles. The predicted octanol–water partition coefficient (Wildman–Crippen LogP) is 3.17. The fraction of sp³-hybridized carbons (Fsp3) is 0.208. The topological polar surface area (TPSA) is 90.1 Å². The van der Waals surface area contributed by atoms with Gasteiger partial charge < -0.3 is 14.6 Å². The van der Waals surface area contributed by atoms with Gasteiger partial charge in [0.1, 0.15) is 0 Å². The zero-order chi connectivity index (χ0) is 23.7. The summed E-state index contributed by atoms with van der Waals surface area (Å²) in [5, 5.41) is 10.2. The van der Waals surface area contributed by atoms with Crippen molar-refractivity contribution in [1.82, 2.24) is 4.57 Å². The van der Waals surface area contributed by atoms with Crippen LogP contribution in [0.3, 0.4) is 0 Å². The van der Waals surface area contributed by atoms with Crippen molar-refractivity contribution >= 4 is 35.0 Å². The minimum atomic E-state index is -0.667. The molecule has 2 aromatic carbocycles. The molecular weight excluding hydrogens is 464 g/mol. The van der Waals surface area contributed by atoms with Crippen LogP contribution < -0.4 is 19.6 Å². The number of nitrogens with zero attached hydrogens (tertiary/aromatic N) is 2. The number of methoxy groups -OCH3 is 1. The number of benzene rings is 2. The number of aromatic nitrogens is 1. The van der Waals surface area contributed by atoms with E-state index >= 15 is 0 Å². The molecule has 0 bridgehead atoms. The van der Waals surface area contributed by atoms with E-state index in [0.29, 0.717) is 32.8 Å². The summed E-state index contributed by atoms with van der Waals surface area (Å²) in [5.41, 5.74) is 1.87. The quantitative estimate of drug-likeness (QED) is 0.562. The highest BCUT2D eigenvalue weighted by atomic mass is 35.5. The van der Waals surface area contributed by atoms with Crippen molar-refractivity contribution in [2.24, 2.45) is 4.99 Å². The summed E-state index contributed by atoms with van der Waals surface area (Å²) in [4.78, 5) is 31.2. The van der Waals surface area contributed by atoms with Gasteiger partial charge >= 0.3 is 5.97 Å². The molecule has 1 atom stereocenters. The lowest BCUT2D eigenvalue weighted by molar-refractivity contribution is -0.136. The monoisotopic (exact) mass is 484 g/mol. The maximum atomic E-state index is 13.5. The summed E-state index contributed by atoms with van der Waals surface area (Å²) in [6, 6.07) is 11.8. The van der Waals surface area contributed by atoms with Crippen molar-refractivity contribution in [3.05, 3.63) is 89.6 Å². The number of allylic oxidation sites excluding steroid dienone is 1. The minimum Gasteiger partial charge on any atom is -0.503 e. The fourth-order valence-electron chi connectivity index (χ4n) is 3.74. The lowest BCUT2D eigenvalue weighted by Gasteiger charge is -2.24. The Hall–Kier alpha value is -3.36. The number of ether oxygens (including phenoxy) is 2. The third-order valence-corrected chi connectivity index (χ3v) is 6.46. The Labute approximate surface area is 198 Å². The largest absolute Gasteiger partial charge is 0.503 e. The highest BCUT2D eigenvalue weighted by Gasteiger charge is 2.32. The van der Waals surface area contributed by atoms with Crippen molar-refractivity contribution in [2.75, 3.05) is 13.7 Å². The molecule has 1 aliphatic rings. The van der Waals surface area contributed by atoms with Crippen LogP contribution >= 0.6 is 22.9 Å². The van der Waals surface area contributed by atoms with Crippen LogP contribution in [0.1, 0.15) is 31.0 Å². The van der Waals surface area contributed by atoms with Crippen molar-refractivity contribution in [1.29, 1.82) is 0 Å². The molecule has 0 fully saturated rings. The van der Waals surface area contributed by atoms with E-state index in [1.807, 2.05) is 30.3 Å². The van der Waals surface area contributed by atoms with Crippen molar-refractivity contribution in [3.63, 3.8) is 0 Å². The van der Waals surface area contributed by atoms with Gasteiger partial charge in [0.2, 0.25) is 0 Å². The van der Waals surface area contributed by atoms with E-state index in [4.69, 9.17) is 21.1 Å². The number of thiazole rings is 1. The Morgan fingerprint density at radius 3 is 2.70 bits per heavy atom. The molecule has 0 spiro atoms. The number of phenolic OH excluding ortho intramolecular Hbond substituents is 1. The molecule has 33 heavy (non-hydrogen) atoms. The molecule has 0 saturated carbocycles. The fourth-order valence-corrected chi connectivity index (χ4v) is 5.00. The molecule has 7 nitrogen and oxygen atoms in total. The number of halogens is 1. The number of hydrogen-bond acceptors (Lipinski definition) is 7. The van der Waals surface area contributed by atoms with Crippen LogP contribution in [0, 0.1) is 0 Å². The smallest absolute Gasteiger partial charge is 0.338 e. The molecule has 170 valence electrons. The lowest BCUT2D eigenvalue weighted by Crippen LogP contribution is -2.39. The molecule has 9 heteroatoms. The van der Waals surface area contributed by atoms with Gasteiger partial charge in [0.15, 0.2) is 16.3 Å². The summed E-state index contributed by atoms with van der Waals surface area (Å²) >= 11 is 7.35. The van der Waals surface area contributed by atoms with E-state index in [1.165, 1.54) is 23.0 Å². The number of fused-ring (bicyclic) bond motifs is 1. The van der Waals surface area contributed by atoms with Gasteiger partial charge in [-0.25, -0.2) is 9.79 Å². The van der Waals surface area contributed by atoms with Crippen molar-refractivity contribution in [2.45, 2.75) is 19.9 Å². The summed E-state index contributed by atoms with van der Waals surface area (Å²) < 4.78 is 12.4. The molecule has 3 aromatic rings. The number of carbonyl (C=O) groups excluding carboxylic acids is 1.